The van der Waals surface area contributed by atoms with Crippen LogP contribution in [0.2, 0.25) is 0 Å². The van der Waals surface area contributed by atoms with Crippen molar-refractivity contribution >= 4 is 23.4 Å². The Balaban J connectivity index is 1.26. The summed E-state index contributed by atoms with van der Waals surface area (Å²) in [6, 6.07) is 20.8. The number of nitrogens with zero attached hydrogens (tertiary/aromatic N) is 3. The lowest BCUT2D eigenvalue weighted by Gasteiger charge is -2.35. The second-order valence-corrected chi connectivity index (χ2v) is 8.01. The smallest absolute Gasteiger partial charge is 0.254 e. The van der Waals surface area contributed by atoms with Crippen LogP contribution in [0.15, 0.2) is 72.9 Å². The minimum atomic E-state index is -0.382. The van der Waals surface area contributed by atoms with Crippen LogP contribution in [0.5, 0.6) is 0 Å². The van der Waals surface area contributed by atoms with E-state index in [1.54, 1.807) is 22.1 Å². The van der Waals surface area contributed by atoms with Gasteiger partial charge in [-0.15, -0.1) is 0 Å². The molecule has 0 bridgehead atoms. The molecule has 1 aliphatic heterocycles. The summed E-state index contributed by atoms with van der Waals surface area (Å²) in [6.45, 7) is 3.64. The van der Waals surface area contributed by atoms with Crippen LogP contribution in [0, 0.1) is 6.92 Å². The molecule has 0 radical (unpaired) electrons. The van der Waals surface area contributed by atoms with Gasteiger partial charge < -0.3 is 15.1 Å². The topological polar surface area (TPSA) is 82.6 Å². The lowest BCUT2D eigenvalue weighted by atomic mass is 10.1. The fourth-order valence-corrected chi connectivity index (χ4v) is 3.84. The van der Waals surface area contributed by atoms with Gasteiger partial charge in [-0.25, -0.2) is 0 Å². The Morgan fingerprint density at radius 3 is 2.18 bits per heavy atom. The Morgan fingerprint density at radius 1 is 0.848 bits per heavy atom. The molecular formula is C26H26N4O3. The summed E-state index contributed by atoms with van der Waals surface area (Å²) in [7, 11) is 0. The molecule has 0 saturated carbocycles. The second-order valence-electron chi connectivity index (χ2n) is 8.01. The number of aromatic nitrogens is 1. The minimum Gasteiger partial charge on any atom is -0.339 e. The molecular weight excluding hydrogens is 416 g/mol. The fraction of sp³-hybridized carbons (Fsp3) is 0.231. The molecule has 1 N–H and O–H groups in total. The van der Waals surface area contributed by atoms with E-state index in [1.165, 1.54) is 0 Å². The molecule has 1 aliphatic rings. The fourth-order valence-electron chi connectivity index (χ4n) is 3.84. The maximum absolute atomic E-state index is 12.7. The number of carbonyl (C=O) groups is 3. The van der Waals surface area contributed by atoms with E-state index >= 15 is 0 Å². The standard InChI is InChI=1S/C26H26N4O3/c1-19-7-5-6-10-22(19)26(33)30-15-13-29(14-16-30)25(32)17-24(31)28-21-11-12-23(27-18-21)20-8-3-2-4-9-20/h2-12,18H,13-17H2,1H3,(H,28,31). The molecule has 2 heterocycles. The van der Waals surface area contributed by atoms with Gasteiger partial charge in [0.25, 0.3) is 5.91 Å². The van der Waals surface area contributed by atoms with Crippen molar-refractivity contribution in [2.45, 2.75) is 13.3 Å². The molecule has 4 rings (SSSR count). The van der Waals surface area contributed by atoms with Crippen LogP contribution in [0.1, 0.15) is 22.3 Å². The summed E-state index contributed by atoms with van der Waals surface area (Å²) in [5.74, 6) is -0.651. The van der Waals surface area contributed by atoms with E-state index in [-0.39, 0.29) is 24.1 Å². The molecule has 1 aromatic heterocycles. The van der Waals surface area contributed by atoms with Crippen LogP contribution in [-0.4, -0.2) is 58.7 Å². The lowest BCUT2D eigenvalue weighted by Crippen LogP contribution is -2.51. The van der Waals surface area contributed by atoms with Gasteiger partial charge >= 0.3 is 0 Å². The number of hydrogen-bond acceptors (Lipinski definition) is 4. The van der Waals surface area contributed by atoms with E-state index in [1.807, 2.05) is 67.6 Å². The molecule has 2 aromatic carbocycles. The Hall–Kier alpha value is -4.00. The van der Waals surface area contributed by atoms with Crippen molar-refractivity contribution in [3.63, 3.8) is 0 Å². The van der Waals surface area contributed by atoms with E-state index in [9.17, 15) is 14.4 Å². The number of hydrogen-bond donors (Lipinski definition) is 1. The van der Waals surface area contributed by atoms with Crippen LogP contribution in [-0.2, 0) is 9.59 Å². The highest BCUT2D eigenvalue weighted by Gasteiger charge is 2.26. The predicted molar refractivity (Wildman–Crippen MR) is 127 cm³/mol. The summed E-state index contributed by atoms with van der Waals surface area (Å²) in [5.41, 5.74) is 3.96. The Labute approximate surface area is 193 Å². The molecule has 168 valence electrons. The predicted octanol–water partition coefficient (Wildman–Crippen LogP) is 3.37. The summed E-state index contributed by atoms with van der Waals surface area (Å²) in [6.07, 6.45) is 1.34. The Bertz CT molecular complexity index is 1140. The number of benzene rings is 2. The van der Waals surface area contributed by atoms with E-state index < -0.39 is 0 Å². The zero-order valence-corrected chi connectivity index (χ0v) is 18.5. The molecule has 1 fully saturated rings. The zero-order valence-electron chi connectivity index (χ0n) is 18.5. The normalized spacial score (nSPS) is 13.5. The third-order valence-electron chi connectivity index (χ3n) is 5.72. The van der Waals surface area contributed by atoms with Crippen LogP contribution in [0.3, 0.4) is 0 Å². The number of carbonyl (C=O) groups excluding carboxylic acids is 3. The minimum absolute atomic E-state index is 0.0237. The average Bonchev–Trinajstić information content (AvgIpc) is 2.85. The molecule has 3 aromatic rings. The quantitative estimate of drug-likeness (QED) is 0.614. The van der Waals surface area contributed by atoms with Crippen molar-refractivity contribution in [2.24, 2.45) is 0 Å². The number of amides is 3. The van der Waals surface area contributed by atoms with Gasteiger partial charge in [0.15, 0.2) is 0 Å². The first-order chi connectivity index (χ1) is 16.0. The Kier molecular flexibility index (Phi) is 6.78. The highest BCUT2D eigenvalue weighted by atomic mass is 16.2. The summed E-state index contributed by atoms with van der Waals surface area (Å²) < 4.78 is 0. The molecule has 0 spiro atoms. The number of pyridine rings is 1. The van der Waals surface area contributed by atoms with Gasteiger partial charge in [0.05, 0.1) is 17.6 Å². The monoisotopic (exact) mass is 442 g/mol. The largest absolute Gasteiger partial charge is 0.339 e. The molecule has 33 heavy (non-hydrogen) atoms. The number of aryl methyl sites for hydroxylation is 1. The Morgan fingerprint density at radius 2 is 1.52 bits per heavy atom. The maximum Gasteiger partial charge on any atom is 0.254 e. The molecule has 3 amide bonds. The van der Waals surface area contributed by atoms with E-state index in [2.05, 4.69) is 10.3 Å². The maximum atomic E-state index is 12.7. The second kappa shape index (κ2) is 10.1. The third kappa shape index (κ3) is 5.44. The van der Waals surface area contributed by atoms with Crippen molar-refractivity contribution in [1.82, 2.24) is 14.8 Å². The number of anilines is 1. The summed E-state index contributed by atoms with van der Waals surface area (Å²) in [4.78, 5) is 45.5. The van der Waals surface area contributed by atoms with Crippen LogP contribution < -0.4 is 5.32 Å². The highest BCUT2D eigenvalue weighted by molar-refractivity contribution is 6.03. The number of rotatable bonds is 5. The molecule has 0 unspecified atom stereocenters. The first kappa shape index (κ1) is 22.2. The SMILES string of the molecule is Cc1ccccc1C(=O)N1CCN(C(=O)CC(=O)Nc2ccc(-c3ccccc3)nc2)CC1. The van der Waals surface area contributed by atoms with Crippen molar-refractivity contribution in [3.05, 3.63) is 84.1 Å². The van der Waals surface area contributed by atoms with Gasteiger partial charge in [-0.05, 0) is 30.7 Å². The number of piperazine rings is 1. The van der Waals surface area contributed by atoms with E-state index in [0.29, 0.717) is 37.4 Å². The molecule has 1 saturated heterocycles. The van der Waals surface area contributed by atoms with Crippen LogP contribution in [0.25, 0.3) is 11.3 Å². The number of nitrogens with one attached hydrogen (secondary N) is 1. The molecule has 7 nitrogen and oxygen atoms in total. The highest BCUT2D eigenvalue weighted by Crippen LogP contribution is 2.18. The van der Waals surface area contributed by atoms with Gasteiger partial charge in [-0.2, -0.15) is 0 Å². The van der Waals surface area contributed by atoms with Crippen LogP contribution in [0.4, 0.5) is 5.69 Å². The summed E-state index contributed by atoms with van der Waals surface area (Å²) in [5, 5.41) is 2.73. The van der Waals surface area contributed by atoms with E-state index in [4.69, 9.17) is 0 Å². The summed E-state index contributed by atoms with van der Waals surface area (Å²) >= 11 is 0. The van der Waals surface area contributed by atoms with Crippen LogP contribution >= 0.6 is 0 Å². The van der Waals surface area contributed by atoms with Crippen molar-refractivity contribution in [2.75, 3.05) is 31.5 Å². The first-order valence-corrected chi connectivity index (χ1v) is 11.0. The van der Waals surface area contributed by atoms with Crippen molar-refractivity contribution < 1.29 is 14.4 Å². The van der Waals surface area contributed by atoms with Gasteiger partial charge in [0.1, 0.15) is 6.42 Å². The van der Waals surface area contributed by atoms with Crippen molar-refractivity contribution in [3.8, 4) is 11.3 Å². The molecule has 0 aliphatic carbocycles. The average molecular weight is 443 g/mol. The van der Waals surface area contributed by atoms with E-state index in [0.717, 1.165) is 16.8 Å². The van der Waals surface area contributed by atoms with Gasteiger partial charge in [-0.3, -0.25) is 19.4 Å². The zero-order chi connectivity index (χ0) is 23.2. The molecule has 7 heteroatoms. The van der Waals surface area contributed by atoms with Gasteiger partial charge in [0, 0.05) is 37.3 Å². The third-order valence-corrected chi connectivity index (χ3v) is 5.72. The van der Waals surface area contributed by atoms with Gasteiger partial charge in [0.2, 0.25) is 11.8 Å². The lowest BCUT2D eigenvalue weighted by molar-refractivity contribution is -0.135. The van der Waals surface area contributed by atoms with Crippen molar-refractivity contribution in [1.29, 1.82) is 0 Å². The first-order valence-electron chi connectivity index (χ1n) is 11.0. The van der Waals surface area contributed by atoms with Gasteiger partial charge in [-0.1, -0.05) is 48.5 Å². The molecule has 0 atom stereocenters.